The Labute approximate surface area is 115 Å². The Morgan fingerprint density at radius 2 is 1.95 bits per heavy atom. The van der Waals surface area contributed by atoms with E-state index in [1.807, 2.05) is 42.2 Å². The molecule has 104 valence electrons. The van der Waals surface area contributed by atoms with E-state index < -0.39 is 0 Å². The normalized spacial score (nSPS) is 16.4. The Bertz CT molecular complexity index is 383. The summed E-state index contributed by atoms with van der Waals surface area (Å²) in [6, 6.07) is 9.95. The fraction of sp³-hybridized carbons (Fsp3) is 0.562. The molecule has 0 aliphatic carbocycles. The first-order valence-corrected chi connectivity index (χ1v) is 7.25. The fourth-order valence-electron chi connectivity index (χ4n) is 2.55. The van der Waals surface area contributed by atoms with Crippen molar-refractivity contribution in [3.05, 3.63) is 30.3 Å². The van der Waals surface area contributed by atoms with E-state index in [2.05, 4.69) is 0 Å². The van der Waals surface area contributed by atoms with Crippen LogP contribution in [0, 0.1) is 5.92 Å². The van der Waals surface area contributed by atoms with Crippen molar-refractivity contribution < 1.29 is 9.53 Å². The monoisotopic (exact) mass is 261 g/mol. The lowest BCUT2D eigenvalue weighted by molar-refractivity contribution is -0.132. The van der Waals surface area contributed by atoms with Crippen LogP contribution in [-0.4, -0.2) is 30.5 Å². The van der Waals surface area contributed by atoms with Crippen molar-refractivity contribution in [2.24, 2.45) is 5.92 Å². The maximum atomic E-state index is 11.6. The zero-order chi connectivity index (χ0) is 13.5. The smallest absolute Gasteiger partial charge is 0.222 e. The molecular formula is C16H23NO2. The van der Waals surface area contributed by atoms with Crippen molar-refractivity contribution in [1.29, 1.82) is 0 Å². The van der Waals surface area contributed by atoms with Crippen LogP contribution in [0.25, 0.3) is 0 Å². The van der Waals surface area contributed by atoms with E-state index in [-0.39, 0.29) is 0 Å². The average molecular weight is 261 g/mol. The first kappa shape index (κ1) is 13.9. The molecule has 2 rings (SSSR count). The molecule has 1 heterocycles. The minimum absolute atomic E-state index is 0.291. The zero-order valence-electron chi connectivity index (χ0n) is 11.7. The van der Waals surface area contributed by atoms with Gasteiger partial charge >= 0.3 is 0 Å². The summed E-state index contributed by atoms with van der Waals surface area (Å²) < 4.78 is 5.72. The number of para-hydroxylation sites is 1. The van der Waals surface area contributed by atoms with Crippen molar-refractivity contribution in [2.45, 2.75) is 32.6 Å². The molecule has 0 bridgehead atoms. The molecule has 19 heavy (non-hydrogen) atoms. The summed E-state index contributed by atoms with van der Waals surface area (Å²) >= 11 is 0. The minimum atomic E-state index is 0.291. The summed E-state index contributed by atoms with van der Waals surface area (Å²) in [6.07, 6.45) is 3.94. The standard InChI is InChI=1S/C16H23NO2/c1-2-16(18)17-11-8-14(9-12-17)10-13-19-15-6-4-3-5-7-15/h3-7,14H,2,8-13H2,1H3. The second-order valence-corrected chi connectivity index (χ2v) is 5.13. The topological polar surface area (TPSA) is 29.5 Å². The molecule has 0 radical (unpaired) electrons. The highest BCUT2D eigenvalue weighted by Gasteiger charge is 2.21. The van der Waals surface area contributed by atoms with Crippen molar-refractivity contribution in [1.82, 2.24) is 4.90 Å². The molecule has 1 aromatic rings. The van der Waals surface area contributed by atoms with E-state index in [4.69, 9.17) is 4.74 Å². The summed E-state index contributed by atoms with van der Waals surface area (Å²) in [4.78, 5) is 13.6. The predicted molar refractivity (Wildman–Crippen MR) is 76.1 cm³/mol. The molecule has 1 saturated heterocycles. The number of hydrogen-bond acceptors (Lipinski definition) is 2. The van der Waals surface area contributed by atoms with E-state index in [9.17, 15) is 4.79 Å². The second kappa shape index (κ2) is 7.17. The summed E-state index contributed by atoms with van der Waals surface area (Å²) in [7, 11) is 0. The van der Waals surface area contributed by atoms with E-state index in [1.54, 1.807) is 0 Å². The van der Waals surface area contributed by atoms with Gasteiger partial charge in [0.25, 0.3) is 0 Å². The van der Waals surface area contributed by atoms with Crippen LogP contribution in [-0.2, 0) is 4.79 Å². The molecule has 1 aliphatic heterocycles. The molecule has 0 unspecified atom stereocenters. The van der Waals surface area contributed by atoms with Crippen LogP contribution in [0.4, 0.5) is 0 Å². The third kappa shape index (κ3) is 4.27. The molecule has 1 aromatic carbocycles. The summed E-state index contributed by atoms with van der Waals surface area (Å²) in [6.45, 7) is 4.55. The highest BCUT2D eigenvalue weighted by atomic mass is 16.5. The van der Waals surface area contributed by atoms with E-state index in [0.29, 0.717) is 18.2 Å². The molecule has 0 spiro atoms. The molecule has 0 atom stereocenters. The molecule has 3 heteroatoms. The Kier molecular flexibility index (Phi) is 5.25. The van der Waals surface area contributed by atoms with Crippen LogP contribution in [0.1, 0.15) is 32.6 Å². The van der Waals surface area contributed by atoms with Gasteiger partial charge in [-0.15, -0.1) is 0 Å². The molecule has 1 amide bonds. The lowest BCUT2D eigenvalue weighted by Gasteiger charge is -2.31. The van der Waals surface area contributed by atoms with E-state index in [1.165, 1.54) is 0 Å². The molecule has 0 saturated carbocycles. The number of ether oxygens (including phenoxy) is 1. The maximum absolute atomic E-state index is 11.6. The fourth-order valence-corrected chi connectivity index (χ4v) is 2.55. The first-order chi connectivity index (χ1) is 9.29. The summed E-state index contributed by atoms with van der Waals surface area (Å²) in [5.41, 5.74) is 0. The highest BCUT2D eigenvalue weighted by Crippen LogP contribution is 2.21. The van der Waals surface area contributed by atoms with Gasteiger partial charge in [0.1, 0.15) is 5.75 Å². The number of piperidine rings is 1. The largest absolute Gasteiger partial charge is 0.494 e. The highest BCUT2D eigenvalue weighted by molar-refractivity contribution is 5.75. The molecule has 1 aliphatic rings. The Hall–Kier alpha value is -1.51. The minimum Gasteiger partial charge on any atom is -0.494 e. The summed E-state index contributed by atoms with van der Waals surface area (Å²) in [5.74, 6) is 1.93. The first-order valence-electron chi connectivity index (χ1n) is 7.25. The molecule has 1 fully saturated rings. The number of benzene rings is 1. The molecular weight excluding hydrogens is 238 g/mol. The number of amides is 1. The maximum Gasteiger partial charge on any atom is 0.222 e. The second-order valence-electron chi connectivity index (χ2n) is 5.13. The van der Waals surface area contributed by atoms with Crippen LogP contribution < -0.4 is 4.74 Å². The predicted octanol–water partition coefficient (Wildman–Crippen LogP) is 3.10. The van der Waals surface area contributed by atoms with Crippen LogP contribution >= 0.6 is 0 Å². The lowest BCUT2D eigenvalue weighted by Crippen LogP contribution is -2.38. The Morgan fingerprint density at radius 1 is 1.26 bits per heavy atom. The third-order valence-corrected chi connectivity index (χ3v) is 3.81. The third-order valence-electron chi connectivity index (χ3n) is 3.81. The molecule has 3 nitrogen and oxygen atoms in total. The van der Waals surface area contributed by atoms with E-state index >= 15 is 0 Å². The number of nitrogens with zero attached hydrogens (tertiary/aromatic N) is 1. The summed E-state index contributed by atoms with van der Waals surface area (Å²) in [5, 5.41) is 0. The lowest BCUT2D eigenvalue weighted by atomic mass is 9.94. The van der Waals surface area contributed by atoms with Gasteiger partial charge in [-0.05, 0) is 37.3 Å². The van der Waals surface area contributed by atoms with Crippen LogP contribution in [0.2, 0.25) is 0 Å². The molecule has 0 aromatic heterocycles. The Balaban J connectivity index is 1.65. The van der Waals surface area contributed by atoms with Gasteiger partial charge in [0.05, 0.1) is 6.61 Å². The zero-order valence-corrected chi connectivity index (χ0v) is 11.7. The number of carbonyl (C=O) groups excluding carboxylic acids is 1. The van der Waals surface area contributed by atoms with Gasteiger partial charge in [0.15, 0.2) is 0 Å². The SMILES string of the molecule is CCC(=O)N1CCC(CCOc2ccccc2)CC1. The Morgan fingerprint density at radius 3 is 2.58 bits per heavy atom. The quantitative estimate of drug-likeness (QED) is 0.815. The van der Waals surface area contributed by atoms with Gasteiger partial charge < -0.3 is 9.64 Å². The van der Waals surface area contributed by atoms with Gasteiger partial charge in [-0.25, -0.2) is 0 Å². The van der Waals surface area contributed by atoms with Gasteiger partial charge in [0.2, 0.25) is 5.91 Å². The average Bonchev–Trinajstić information content (AvgIpc) is 2.48. The van der Waals surface area contributed by atoms with E-state index in [0.717, 1.165) is 44.7 Å². The van der Waals surface area contributed by atoms with Crippen molar-refractivity contribution in [3.63, 3.8) is 0 Å². The number of carbonyl (C=O) groups is 1. The van der Waals surface area contributed by atoms with Crippen molar-refractivity contribution >= 4 is 5.91 Å². The van der Waals surface area contributed by atoms with Gasteiger partial charge in [-0.3, -0.25) is 4.79 Å². The van der Waals surface area contributed by atoms with Crippen molar-refractivity contribution in [3.8, 4) is 5.75 Å². The van der Waals surface area contributed by atoms with Gasteiger partial charge in [-0.1, -0.05) is 25.1 Å². The molecule has 0 N–H and O–H groups in total. The van der Waals surface area contributed by atoms with Crippen LogP contribution in [0.15, 0.2) is 30.3 Å². The van der Waals surface area contributed by atoms with Gasteiger partial charge in [0, 0.05) is 19.5 Å². The van der Waals surface area contributed by atoms with Gasteiger partial charge in [-0.2, -0.15) is 0 Å². The van der Waals surface area contributed by atoms with Crippen LogP contribution in [0.3, 0.4) is 0 Å². The number of rotatable bonds is 5. The van der Waals surface area contributed by atoms with Crippen molar-refractivity contribution in [2.75, 3.05) is 19.7 Å². The number of hydrogen-bond donors (Lipinski definition) is 0. The van der Waals surface area contributed by atoms with Crippen LogP contribution in [0.5, 0.6) is 5.75 Å². The number of likely N-dealkylation sites (tertiary alicyclic amines) is 1.